The van der Waals surface area contributed by atoms with E-state index in [0.29, 0.717) is 43.5 Å². The highest BCUT2D eigenvalue weighted by atomic mass is 16.4. The van der Waals surface area contributed by atoms with E-state index in [4.69, 9.17) is 4.42 Å². The van der Waals surface area contributed by atoms with Gasteiger partial charge in [0.05, 0.1) is 0 Å². The van der Waals surface area contributed by atoms with E-state index in [-0.39, 0.29) is 11.6 Å². The summed E-state index contributed by atoms with van der Waals surface area (Å²) in [6.45, 7) is 2.30. The Bertz CT molecular complexity index is 1040. The Hall–Kier alpha value is -3.85. The lowest BCUT2D eigenvalue weighted by Crippen LogP contribution is -2.48. The molecule has 0 radical (unpaired) electrons. The van der Waals surface area contributed by atoms with E-state index in [1.54, 1.807) is 6.08 Å². The maximum atomic E-state index is 12.6. The number of carbonyl (C=O) groups is 1. The Morgan fingerprint density at radius 1 is 0.966 bits per heavy atom. The monoisotopic (exact) mass is 384 g/mol. The van der Waals surface area contributed by atoms with Gasteiger partial charge in [0.15, 0.2) is 0 Å². The second kappa shape index (κ2) is 8.44. The number of piperazine rings is 1. The number of oxazole rings is 1. The van der Waals surface area contributed by atoms with E-state index in [2.05, 4.69) is 11.1 Å². The molecule has 1 saturated heterocycles. The molecule has 1 fully saturated rings. The molecular weight excluding hydrogens is 364 g/mol. The Morgan fingerprint density at radius 3 is 2.28 bits per heavy atom. The number of hydrogen-bond donors (Lipinski definition) is 0. The van der Waals surface area contributed by atoms with Gasteiger partial charge in [0.2, 0.25) is 17.5 Å². The zero-order chi connectivity index (χ0) is 20.1. The first kappa shape index (κ1) is 18.5. The quantitative estimate of drug-likeness (QED) is 0.686. The second-order valence-corrected chi connectivity index (χ2v) is 6.71. The number of nitrogens with zero attached hydrogens (tertiary/aromatic N) is 4. The van der Waals surface area contributed by atoms with Crippen LogP contribution in [0, 0.1) is 11.3 Å². The van der Waals surface area contributed by atoms with E-state index in [1.807, 2.05) is 76.5 Å². The van der Waals surface area contributed by atoms with Gasteiger partial charge in [-0.1, -0.05) is 48.5 Å². The third-order valence-electron chi connectivity index (χ3n) is 4.82. The van der Waals surface area contributed by atoms with E-state index in [1.165, 1.54) is 0 Å². The van der Waals surface area contributed by atoms with Crippen molar-refractivity contribution in [1.82, 2.24) is 9.88 Å². The van der Waals surface area contributed by atoms with Crippen molar-refractivity contribution in [1.29, 1.82) is 5.26 Å². The van der Waals surface area contributed by atoms with Gasteiger partial charge in [-0.2, -0.15) is 10.2 Å². The molecule has 0 bridgehead atoms. The molecule has 4 rings (SSSR count). The molecule has 6 nitrogen and oxygen atoms in total. The van der Waals surface area contributed by atoms with Gasteiger partial charge in [-0.3, -0.25) is 4.79 Å². The summed E-state index contributed by atoms with van der Waals surface area (Å²) in [6.07, 6.45) is 3.65. The minimum atomic E-state index is 0.0230. The van der Waals surface area contributed by atoms with Crippen LogP contribution < -0.4 is 4.90 Å². The smallest absolute Gasteiger partial charge is 0.253 e. The minimum Gasteiger partial charge on any atom is -0.420 e. The number of carbonyl (C=O) groups excluding carboxylic acids is 1. The van der Waals surface area contributed by atoms with Gasteiger partial charge in [-0.15, -0.1) is 0 Å². The first-order valence-electron chi connectivity index (χ1n) is 9.48. The lowest BCUT2D eigenvalue weighted by atomic mass is 10.2. The van der Waals surface area contributed by atoms with Crippen molar-refractivity contribution in [3.05, 3.63) is 83.4 Å². The van der Waals surface area contributed by atoms with Gasteiger partial charge in [0.1, 0.15) is 6.07 Å². The molecule has 0 saturated carbocycles. The molecule has 144 valence electrons. The van der Waals surface area contributed by atoms with Gasteiger partial charge >= 0.3 is 0 Å². The molecule has 0 spiro atoms. The number of hydrogen-bond acceptors (Lipinski definition) is 5. The normalized spacial score (nSPS) is 14.2. The molecule has 1 aliphatic heterocycles. The number of anilines is 1. The van der Waals surface area contributed by atoms with Gasteiger partial charge in [0, 0.05) is 37.8 Å². The van der Waals surface area contributed by atoms with E-state index >= 15 is 0 Å². The molecule has 2 aromatic carbocycles. The molecular formula is C23H20N4O2. The summed E-state index contributed by atoms with van der Waals surface area (Å²) < 4.78 is 5.85. The van der Waals surface area contributed by atoms with Crippen LogP contribution in [-0.4, -0.2) is 42.0 Å². The number of amides is 1. The van der Waals surface area contributed by atoms with Crippen molar-refractivity contribution in [3.8, 4) is 6.07 Å². The summed E-state index contributed by atoms with van der Waals surface area (Å²) in [6, 6.07) is 21.2. The first-order valence-corrected chi connectivity index (χ1v) is 9.48. The van der Waals surface area contributed by atoms with Gasteiger partial charge in [0.25, 0.3) is 5.91 Å². The predicted octanol–water partition coefficient (Wildman–Crippen LogP) is 3.68. The average Bonchev–Trinajstić information content (AvgIpc) is 3.22. The number of nitriles is 1. The summed E-state index contributed by atoms with van der Waals surface area (Å²) in [4.78, 5) is 20.7. The highest BCUT2D eigenvalue weighted by molar-refractivity contribution is 5.94. The fourth-order valence-electron chi connectivity index (χ4n) is 3.29. The number of rotatable bonds is 4. The molecule has 29 heavy (non-hydrogen) atoms. The van der Waals surface area contributed by atoms with Crippen molar-refractivity contribution < 1.29 is 9.21 Å². The third kappa shape index (κ3) is 4.19. The van der Waals surface area contributed by atoms with Crippen LogP contribution in [0.15, 0.2) is 65.1 Å². The Balaban J connectivity index is 1.44. The molecule has 1 amide bonds. The summed E-state index contributed by atoms with van der Waals surface area (Å²) in [5.74, 6) is 0.880. The largest absolute Gasteiger partial charge is 0.420 e. The fourth-order valence-corrected chi connectivity index (χ4v) is 3.29. The minimum absolute atomic E-state index is 0.0230. The molecule has 0 N–H and O–H groups in total. The van der Waals surface area contributed by atoms with Crippen LogP contribution >= 0.6 is 0 Å². The van der Waals surface area contributed by atoms with E-state index in [0.717, 1.165) is 5.56 Å². The van der Waals surface area contributed by atoms with Crippen LogP contribution in [0.3, 0.4) is 0 Å². The Labute approximate surface area is 169 Å². The maximum absolute atomic E-state index is 12.6. The molecule has 1 aromatic heterocycles. The standard InChI is InChI=1S/C23H20N4O2/c24-17-20-23(29-21(25-20)12-11-18-7-3-1-4-8-18)27-15-13-26(14-16-27)22(28)19-9-5-2-6-10-19/h1-12H,13-16H2. The average molecular weight is 384 g/mol. The molecule has 0 aliphatic carbocycles. The van der Waals surface area contributed by atoms with Crippen LogP contribution in [0.2, 0.25) is 0 Å². The molecule has 6 heteroatoms. The lowest BCUT2D eigenvalue weighted by molar-refractivity contribution is 0.0745. The summed E-state index contributed by atoms with van der Waals surface area (Å²) in [7, 11) is 0. The maximum Gasteiger partial charge on any atom is 0.253 e. The highest BCUT2D eigenvalue weighted by Crippen LogP contribution is 2.24. The Morgan fingerprint density at radius 2 is 1.62 bits per heavy atom. The molecule has 2 heterocycles. The number of benzene rings is 2. The topological polar surface area (TPSA) is 73.4 Å². The highest BCUT2D eigenvalue weighted by Gasteiger charge is 2.26. The third-order valence-corrected chi connectivity index (χ3v) is 4.82. The zero-order valence-electron chi connectivity index (χ0n) is 15.9. The fraction of sp³-hybridized carbons (Fsp3) is 0.174. The van der Waals surface area contributed by atoms with Gasteiger partial charge in [-0.05, 0) is 23.8 Å². The van der Waals surface area contributed by atoms with E-state index < -0.39 is 0 Å². The first-order chi connectivity index (χ1) is 14.2. The molecule has 3 aromatic rings. The molecule has 0 atom stereocenters. The van der Waals surface area contributed by atoms with Crippen LogP contribution in [-0.2, 0) is 0 Å². The van der Waals surface area contributed by atoms with Crippen LogP contribution in [0.5, 0.6) is 0 Å². The molecule has 0 unspecified atom stereocenters. The van der Waals surface area contributed by atoms with Gasteiger partial charge < -0.3 is 14.2 Å². The van der Waals surface area contributed by atoms with Crippen LogP contribution in [0.25, 0.3) is 12.2 Å². The van der Waals surface area contributed by atoms with E-state index in [9.17, 15) is 10.1 Å². The summed E-state index contributed by atoms with van der Waals surface area (Å²) >= 11 is 0. The summed E-state index contributed by atoms with van der Waals surface area (Å²) in [5.41, 5.74) is 1.98. The lowest BCUT2D eigenvalue weighted by Gasteiger charge is -2.34. The van der Waals surface area contributed by atoms with Crippen molar-refractivity contribution in [2.24, 2.45) is 0 Å². The Kier molecular flexibility index (Phi) is 5.39. The van der Waals surface area contributed by atoms with Crippen molar-refractivity contribution >= 4 is 23.9 Å². The molecule has 1 aliphatic rings. The number of aromatic nitrogens is 1. The van der Waals surface area contributed by atoms with Crippen molar-refractivity contribution in [2.45, 2.75) is 0 Å². The second-order valence-electron chi connectivity index (χ2n) is 6.71. The van der Waals surface area contributed by atoms with Crippen LogP contribution in [0.4, 0.5) is 5.88 Å². The van der Waals surface area contributed by atoms with Crippen molar-refractivity contribution in [2.75, 3.05) is 31.1 Å². The zero-order valence-corrected chi connectivity index (χ0v) is 15.9. The van der Waals surface area contributed by atoms with Crippen LogP contribution in [0.1, 0.15) is 27.5 Å². The van der Waals surface area contributed by atoms with Gasteiger partial charge in [-0.25, -0.2) is 0 Å². The predicted molar refractivity (Wildman–Crippen MR) is 111 cm³/mol. The van der Waals surface area contributed by atoms with Crippen molar-refractivity contribution in [3.63, 3.8) is 0 Å². The summed E-state index contributed by atoms with van der Waals surface area (Å²) in [5, 5.41) is 9.45. The SMILES string of the molecule is N#Cc1nc(C=Cc2ccccc2)oc1N1CCN(C(=O)c2ccccc2)CC1.